The second kappa shape index (κ2) is 7.50. The van der Waals surface area contributed by atoms with Gasteiger partial charge in [0.1, 0.15) is 5.82 Å². The van der Waals surface area contributed by atoms with Crippen LogP contribution in [0.4, 0.5) is 0 Å². The summed E-state index contributed by atoms with van der Waals surface area (Å²) >= 11 is 4.05. The van der Waals surface area contributed by atoms with Crippen molar-refractivity contribution in [3.8, 4) is 0 Å². The molecule has 106 valence electrons. The van der Waals surface area contributed by atoms with Gasteiger partial charge in [0, 0.05) is 40.8 Å². The lowest BCUT2D eigenvalue weighted by molar-refractivity contribution is 0.670. The summed E-state index contributed by atoms with van der Waals surface area (Å²) in [6.45, 7) is 8.70. The second-order valence-electron chi connectivity index (χ2n) is 4.99. The highest BCUT2D eigenvalue weighted by Gasteiger charge is 2.28. The number of nitrogens with one attached hydrogen (secondary N) is 1. The molecule has 0 aliphatic carbocycles. The van der Waals surface area contributed by atoms with E-state index in [-0.39, 0.29) is 0 Å². The van der Waals surface area contributed by atoms with Crippen molar-refractivity contribution in [1.29, 1.82) is 0 Å². The summed E-state index contributed by atoms with van der Waals surface area (Å²) in [4.78, 5) is 9.11. The molecular formula is C14H23N3S2. The number of nitrogens with zero attached hydrogens (tertiary/aromatic N) is 2. The van der Waals surface area contributed by atoms with Gasteiger partial charge in [0.15, 0.2) is 0 Å². The Morgan fingerprint density at radius 2 is 2.00 bits per heavy atom. The van der Waals surface area contributed by atoms with Crippen molar-refractivity contribution >= 4 is 23.5 Å². The Morgan fingerprint density at radius 1 is 1.26 bits per heavy atom. The monoisotopic (exact) mass is 297 g/mol. The molecule has 3 unspecified atom stereocenters. The first-order valence-electron chi connectivity index (χ1n) is 6.99. The molecule has 0 bridgehead atoms. The third kappa shape index (κ3) is 4.36. The zero-order chi connectivity index (χ0) is 13.7. The van der Waals surface area contributed by atoms with Crippen LogP contribution in [0.5, 0.6) is 0 Å². The van der Waals surface area contributed by atoms with Gasteiger partial charge in [-0.15, -0.1) is 11.8 Å². The van der Waals surface area contributed by atoms with Crippen molar-refractivity contribution in [3.05, 3.63) is 23.8 Å². The van der Waals surface area contributed by atoms with E-state index >= 15 is 0 Å². The van der Waals surface area contributed by atoms with E-state index in [9.17, 15) is 0 Å². The van der Waals surface area contributed by atoms with Crippen LogP contribution in [0.2, 0.25) is 0 Å². The molecule has 2 heterocycles. The average molecular weight is 297 g/mol. The molecule has 3 nitrogen and oxygen atoms in total. The second-order valence-corrected chi connectivity index (χ2v) is 7.99. The van der Waals surface area contributed by atoms with Gasteiger partial charge in [-0.25, -0.2) is 9.97 Å². The molecular weight excluding hydrogens is 274 g/mol. The maximum atomic E-state index is 4.56. The van der Waals surface area contributed by atoms with Crippen molar-refractivity contribution in [2.24, 2.45) is 0 Å². The summed E-state index contributed by atoms with van der Waals surface area (Å²) in [5.74, 6) is 2.12. The fourth-order valence-corrected chi connectivity index (χ4v) is 4.81. The van der Waals surface area contributed by atoms with E-state index in [2.05, 4.69) is 36.1 Å². The SMILES string of the molecule is CCCNCc1cnc(C2CSC(C)C(C)S2)nc1. The van der Waals surface area contributed by atoms with Crippen LogP contribution >= 0.6 is 23.5 Å². The average Bonchev–Trinajstić information content (AvgIpc) is 2.43. The van der Waals surface area contributed by atoms with Gasteiger partial charge in [0.05, 0.1) is 5.25 Å². The summed E-state index contributed by atoms with van der Waals surface area (Å²) in [5, 5.41) is 5.24. The van der Waals surface area contributed by atoms with E-state index in [4.69, 9.17) is 0 Å². The zero-order valence-corrected chi connectivity index (χ0v) is 13.6. The highest BCUT2D eigenvalue weighted by molar-refractivity contribution is 8.07. The van der Waals surface area contributed by atoms with Crippen LogP contribution in [0.3, 0.4) is 0 Å². The molecule has 1 aromatic rings. The van der Waals surface area contributed by atoms with Gasteiger partial charge < -0.3 is 5.32 Å². The van der Waals surface area contributed by atoms with Gasteiger partial charge in [-0.05, 0) is 13.0 Å². The van der Waals surface area contributed by atoms with E-state index in [0.29, 0.717) is 10.5 Å². The molecule has 0 aromatic carbocycles. The maximum absolute atomic E-state index is 4.56. The van der Waals surface area contributed by atoms with Crippen molar-refractivity contribution in [2.45, 2.75) is 49.5 Å². The first-order chi connectivity index (χ1) is 9.20. The Bertz CT molecular complexity index is 383. The van der Waals surface area contributed by atoms with Gasteiger partial charge in [0.2, 0.25) is 0 Å². The molecule has 0 spiro atoms. The molecule has 1 saturated heterocycles. The minimum Gasteiger partial charge on any atom is -0.313 e. The van der Waals surface area contributed by atoms with Crippen molar-refractivity contribution in [1.82, 2.24) is 15.3 Å². The van der Waals surface area contributed by atoms with E-state index in [1.807, 2.05) is 35.9 Å². The van der Waals surface area contributed by atoms with E-state index < -0.39 is 0 Å². The standard InChI is InChI=1S/C14H23N3S2/c1-4-5-15-6-12-7-16-14(17-8-12)13-9-18-10(2)11(3)19-13/h7-8,10-11,13,15H,4-6,9H2,1-3H3. The van der Waals surface area contributed by atoms with Crippen LogP contribution in [0.1, 0.15) is 43.8 Å². The highest BCUT2D eigenvalue weighted by Crippen LogP contribution is 2.42. The molecule has 19 heavy (non-hydrogen) atoms. The van der Waals surface area contributed by atoms with Gasteiger partial charge in [-0.3, -0.25) is 0 Å². The van der Waals surface area contributed by atoms with Crippen molar-refractivity contribution in [2.75, 3.05) is 12.3 Å². The highest BCUT2D eigenvalue weighted by atomic mass is 32.2. The Morgan fingerprint density at radius 3 is 2.63 bits per heavy atom. The zero-order valence-electron chi connectivity index (χ0n) is 11.9. The molecule has 0 radical (unpaired) electrons. The lowest BCUT2D eigenvalue weighted by Crippen LogP contribution is -2.23. The largest absolute Gasteiger partial charge is 0.313 e. The van der Waals surface area contributed by atoms with E-state index in [1.165, 1.54) is 5.56 Å². The fourth-order valence-electron chi connectivity index (χ4n) is 1.95. The smallest absolute Gasteiger partial charge is 0.142 e. The number of thioether (sulfide) groups is 2. The molecule has 1 fully saturated rings. The minimum absolute atomic E-state index is 0.453. The lowest BCUT2D eigenvalue weighted by atomic mass is 10.3. The van der Waals surface area contributed by atoms with Gasteiger partial charge in [-0.1, -0.05) is 20.8 Å². The van der Waals surface area contributed by atoms with Gasteiger partial charge in [-0.2, -0.15) is 11.8 Å². The summed E-state index contributed by atoms with van der Waals surface area (Å²) in [5.41, 5.74) is 1.17. The van der Waals surface area contributed by atoms with Crippen LogP contribution < -0.4 is 5.32 Å². The normalized spacial score (nSPS) is 27.4. The van der Waals surface area contributed by atoms with Gasteiger partial charge in [0.25, 0.3) is 0 Å². The van der Waals surface area contributed by atoms with Gasteiger partial charge >= 0.3 is 0 Å². The molecule has 5 heteroatoms. The Labute approximate surface area is 124 Å². The summed E-state index contributed by atoms with van der Waals surface area (Å²) in [7, 11) is 0. The Kier molecular flexibility index (Phi) is 5.98. The predicted molar refractivity (Wildman–Crippen MR) is 85.7 cm³/mol. The molecule has 0 amide bonds. The van der Waals surface area contributed by atoms with Crippen molar-refractivity contribution in [3.63, 3.8) is 0 Å². The summed E-state index contributed by atoms with van der Waals surface area (Å²) in [6.07, 6.45) is 5.10. The third-order valence-electron chi connectivity index (χ3n) is 3.32. The molecule has 1 aliphatic rings. The topological polar surface area (TPSA) is 37.8 Å². The molecule has 3 atom stereocenters. The molecule has 1 N–H and O–H groups in total. The lowest BCUT2D eigenvalue weighted by Gasteiger charge is -2.30. The molecule has 1 aliphatic heterocycles. The fraction of sp³-hybridized carbons (Fsp3) is 0.714. The van der Waals surface area contributed by atoms with Crippen LogP contribution in [0.15, 0.2) is 12.4 Å². The first kappa shape index (κ1) is 15.1. The quantitative estimate of drug-likeness (QED) is 0.844. The predicted octanol–water partition coefficient (Wildman–Crippen LogP) is 3.27. The Hall–Kier alpha value is -0.260. The molecule has 0 saturated carbocycles. The number of hydrogen-bond donors (Lipinski definition) is 1. The van der Waals surface area contributed by atoms with Crippen LogP contribution in [0.25, 0.3) is 0 Å². The maximum Gasteiger partial charge on any atom is 0.142 e. The summed E-state index contributed by atoms with van der Waals surface area (Å²) < 4.78 is 0. The first-order valence-corrected chi connectivity index (χ1v) is 8.98. The van der Waals surface area contributed by atoms with E-state index in [0.717, 1.165) is 36.3 Å². The molecule has 1 aromatic heterocycles. The Balaban J connectivity index is 1.91. The minimum atomic E-state index is 0.453. The summed E-state index contributed by atoms with van der Waals surface area (Å²) in [6, 6.07) is 0. The number of hydrogen-bond acceptors (Lipinski definition) is 5. The molecule has 2 rings (SSSR count). The van der Waals surface area contributed by atoms with Crippen molar-refractivity contribution < 1.29 is 0 Å². The van der Waals surface area contributed by atoms with Crippen LogP contribution in [-0.4, -0.2) is 32.8 Å². The van der Waals surface area contributed by atoms with Crippen LogP contribution in [-0.2, 0) is 6.54 Å². The number of rotatable bonds is 5. The van der Waals surface area contributed by atoms with Crippen LogP contribution in [0, 0.1) is 0 Å². The van der Waals surface area contributed by atoms with E-state index in [1.54, 1.807) is 0 Å². The third-order valence-corrected chi connectivity index (χ3v) is 6.71. The number of aromatic nitrogens is 2.